The van der Waals surface area contributed by atoms with Gasteiger partial charge in [-0.3, -0.25) is 0 Å². The van der Waals surface area contributed by atoms with Crippen LogP contribution in [-0.2, 0) is 44.2 Å². The molecule has 4 aromatic carbocycles. The van der Waals surface area contributed by atoms with Crippen molar-refractivity contribution >= 4 is 70.2 Å². The zero-order chi connectivity index (χ0) is 51.6. The Morgan fingerprint density at radius 2 is 1.19 bits per heavy atom. The summed E-state index contributed by atoms with van der Waals surface area (Å²) in [6.07, 6.45) is 10.1. The standard InChI is InChI=1S/C50H52F4N5O10S3/c1-2-42(60)68-30-25-56-50(61)69-31-33-70(62,63)48-44(51)46(53)49(47(54)45(48)52)72(66,67)57-71(64,65)32-11-24-55-41-23-22-40(38-12-5-6-13-39(38)41)43(34-14-18-36(19-15-34)58-26-7-3-8-27-58)35-16-20-37(21-17-35)59-28-9-4-10-29-59/h2,5-6,12-23H,1,3-4,7-11,24-33H2,(H,56,61)/q-1/p+1. The van der Waals surface area contributed by atoms with Crippen molar-refractivity contribution < 1.29 is 66.9 Å². The van der Waals surface area contributed by atoms with E-state index in [9.17, 15) is 34.8 Å². The quantitative estimate of drug-likeness (QED) is 0.0348. The van der Waals surface area contributed by atoms with Gasteiger partial charge in [-0.1, -0.05) is 49.0 Å². The van der Waals surface area contributed by atoms with Crippen LogP contribution >= 0.6 is 0 Å². The molecule has 2 fully saturated rings. The Kier molecular flexibility index (Phi) is 17.4. The number of rotatable bonds is 19. The number of nitrogens with zero attached hydrogens (tertiary/aromatic N) is 3. The molecule has 7 rings (SSSR count). The van der Waals surface area contributed by atoms with Gasteiger partial charge in [-0.2, -0.15) is 0 Å². The van der Waals surface area contributed by atoms with Crippen molar-refractivity contribution in [2.24, 2.45) is 0 Å². The van der Waals surface area contributed by atoms with Gasteiger partial charge >= 0.3 is 12.1 Å². The summed E-state index contributed by atoms with van der Waals surface area (Å²) in [5.74, 6) is -14.1. The Morgan fingerprint density at radius 3 is 1.74 bits per heavy atom. The highest BCUT2D eigenvalue weighted by atomic mass is 32.3. The summed E-state index contributed by atoms with van der Waals surface area (Å²) in [6.45, 7) is 5.40. The Labute approximate surface area is 416 Å². The number of hydrogen-bond acceptors (Lipinski definition) is 12. The lowest BCUT2D eigenvalue weighted by molar-refractivity contribution is -0.455. The van der Waals surface area contributed by atoms with Crippen molar-refractivity contribution in [3.8, 4) is 0 Å². The first kappa shape index (κ1) is 53.4. The molecular formula is C50H53F4N5O10S3. The lowest BCUT2D eigenvalue weighted by atomic mass is 9.83. The first-order valence-electron chi connectivity index (χ1n) is 23.2. The number of carbonyl (C=O) groups is 2. The van der Waals surface area contributed by atoms with Gasteiger partial charge in [0.2, 0.25) is 5.71 Å². The van der Waals surface area contributed by atoms with Crippen molar-refractivity contribution in [2.45, 2.75) is 54.7 Å². The van der Waals surface area contributed by atoms with Crippen molar-refractivity contribution in [3.05, 3.63) is 147 Å². The number of piperidine rings is 2. The Balaban J connectivity index is 1.05. The number of sulfone groups is 1. The molecule has 384 valence electrons. The van der Waals surface area contributed by atoms with E-state index >= 15 is 17.6 Å². The van der Waals surface area contributed by atoms with E-state index < -0.39 is 93.1 Å². The molecule has 15 nitrogen and oxygen atoms in total. The van der Waals surface area contributed by atoms with E-state index in [0.717, 1.165) is 103 Å². The van der Waals surface area contributed by atoms with Gasteiger partial charge in [-0.05, 0) is 103 Å². The summed E-state index contributed by atoms with van der Waals surface area (Å²) in [7, 11) is -16.5. The zero-order valence-electron chi connectivity index (χ0n) is 39.0. The van der Waals surface area contributed by atoms with Gasteiger partial charge in [-0.25, -0.2) is 57.4 Å². The van der Waals surface area contributed by atoms with Gasteiger partial charge in [0, 0.05) is 61.9 Å². The maximum Gasteiger partial charge on any atom is 0.407 e. The number of nitrogens with one attached hydrogen (secondary N) is 2. The van der Waals surface area contributed by atoms with Crippen LogP contribution in [0.3, 0.4) is 0 Å². The predicted molar refractivity (Wildman–Crippen MR) is 264 cm³/mol. The van der Waals surface area contributed by atoms with Gasteiger partial charge in [0.05, 0.1) is 27.9 Å². The maximum absolute atomic E-state index is 15.2. The average molecular weight is 1060 g/mol. The van der Waals surface area contributed by atoms with E-state index in [1.54, 1.807) is 0 Å². The monoisotopic (exact) mass is 1060 g/mol. The topological polar surface area (TPSA) is 202 Å². The van der Waals surface area contributed by atoms with Gasteiger partial charge in [-0.15, -0.1) is 0 Å². The number of halogens is 4. The van der Waals surface area contributed by atoms with Crippen LogP contribution in [0.2, 0.25) is 0 Å². The molecule has 72 heavy (non-hydrogen) atoms. The van der Waals surface area contributed by atoms with Crippen LogP contribution in [0.1, 0.15) is 67.2 Å². The molecule has 2 N–H and O–H groups in total. The minimum absolute atomic E-state index is 0.0697. The molecule has 2 saturated heterocycles. The number of benzene rings is 4. The summed E-state index contributed by atoms with van der Waals surface area (Å²) in [5, 5.41) is 2.06. The van der Waals surface area contributed by atoms with Crippen LogP contribution in [0.4, 0.5) is 33.7 Å². The van der Waals surface area contributed by atoms with Crippen LogP contribution in [0.5, 0.6) is 0 Å². The number of fused-ring (bicyclic) bond motifs is 1. The fourth-order valence-corrected chi connectivity index (χ4v) is 12.9. The number of ether oxygens (including phenoxy) is 2. The minimum atomic E-state index is -6.06. The molecular weight excluding hydrogens is 1000 g/mol. The molecule has 1 amide bonds. The number of alkyl carbamates (subject to hydrolysis) is 1. The normalized spacial score (nSPS) is 15.8. The largest absolute Gasteiger partial charge is 0.461 e. The Morgan fingerprint density at radius 1 is 0.667 bits per heavy atom. The zero-order valence-corrected chi connectivity index (χ0v) is 41.5. The van der Waals surface area contributed by atoms with Crippen LogP contribution in [-0.4, -0.2) is 107 Å². The van der Waals surface area contributed by atoms with Crippen molar-refractivity contribution in [1.29, 1.82) is 0 Å². The lowest BCUT2D eigenvalue weighted by Crippen LogP contribution is -2.73. The van der Waals surface area contributed by atoms with Crippen LogP contribution in [0, 0.1) is 23.3 Å². The fraction of sp³-hybridized carbons (Fsp3) is 0.340. The number of hydrogen-bond donors (Lipinski definition) is 2. The summed E-state index contributed by atoms with van der Waals surface area (Å²) < 4.78 is 150. The second kappa shape index (κ2) is 23.5. The third kappa shape index (κ3) is 12.8. The highest BCUT2D eigenvalue weighted by Crippen LogP contribution is 2.39. The second-order valence-corrected chi connectivity index (χ2v) is 22.6. The lowest BCUT2D eigenvalue weighted by Gasteiger charge is -2.29. The summed E-state index contributed by atoms with van der Waals surface area (Å²) >= 11 is 0. The maximum atomic E-state index is 15.2. The predicted octanol–water partition coefficient (Wildman–Crippen LogP) is 6.33. The van der Waals surface area contributed by atoms with Crippen molar-refractivity contribution in [3.63, 3.8) is 0 Å². The number of esters is 1. The number of anilines is 2. The van der Waals surface area contributed by atoms with Gasteiger partial charge in [0.25, 0.3) is 0 Å². The van der Waals surface area contributed by atoms with Gasteiger partial charge in [0.1, 0.15) is 39.6 Å². The molecule has 0 aromatic heterocycles. The van der Waals surface area contributed by atoms with E-state index in [-0.39, 0.29) is 26.1 Å². The second-order valence-electron chi connectivity index (χ2n) is 17.1. The number of allylic oxidation sites excluding steroid dienone is 3. The molecule has 0 atom stereocenters. The van der Waals surface area contributed by atoms with Crippen LogP contribution in [0.25, 0.3) is 15.3 Å². The Bertz CT molecular complexity index is 3030. The third-order valence-electron chi connectivity index (χ3n) is 12.2. The highest BCUT2D eigenvalue weighted by Gasteiger charge is 2.36. The molecule has 0 saturated carbocycles. The number of sulfonamides is 2. The first-order chi connectivity index (χ1) is 34.4. The van der Waals surface area contributed by atoms with E-state index in [4.69, 9.17) is 0 Å². The van der Waals surface area contributed by atoms with E-state index in [0.29, 0.717) is 5.71 Å². The summed E-state index contributed by atoms with van der Waals surface area (Å²) in [6, 6.07) is 24.8. The molecule has 2 heterocycles. The molecule has 3 aliphatic rings. The number of amides is 1. The van der Waals surface area contributed by atoms with E-state index in [1.807, 2.05) is 36.4 Å². The van der Waals surface area contributed by atoms with Gasteiger partial charge in [0.15, 0.2) is 33.1 Å². The molecule has 22 heteroatoms. The molecule has 1 aliphatic carbocycles. The van der Waals surface area contributed by atoms with Gasteiger partial charge < -0.3 is 28.7 Å². The first-order valence-corrected chi connectivity index (χ1v) is 27.9. The molecule has 0 radical (unpaired) electrons. The highest BCUT2D eigenvalue weighted by molar-refractivity contribution is 8.12. The average Bonchev–Trinajstić information content (AvgIpc) is 3.37. The van der Waals surface area contributed by atoms with Crippen LogP contribution < -0.4 is 20.1 Å². The molecule has 4 aromatic rings. The SMILES string of the molecule is C=CC(=O)OCCNC(=O)OCCS(=O)(=O)c1c(F)c(F)c(S(=O)(=O)[N-]S(=O)(=O)CCC[NH+]=C2C=CC(=C(c3ccc(N4CCCCC4)cc3)c3ccc(N4CCCCC4)cc3)c3ccccc32)c(F)c1F. The fourth-order valence-electron chi connectivity index (χ4n) is 8.68. The molecule has 0 spiro atoms. The van der Waals surface area contributed by atoms with E-state index in [1.165, 1.54) is 12.8 Å². The molecule has 2 aliphatic heterocycles. The Hall–Kier alpha value is -6.36. The summed E-state index contributed by atoms with van der Waals surface area (Å²) in [5.41, 5.74) is 8.56. The molecule has 0 bridgehead atoms. The van der Waals surface area contributed by atoms with Crippen molar-refractivity contribution in [1.82, 2.24) is 5.32 Å². The molecule has 0 unspecified atom stereocenters. The summed E-state index contributed by atoms with van der Waals surface area (Å²) in [4.78, 5) is 26.1. The van der Waals surface area contributed by atoms with Crippen LogP contribution in [0.15, 0.2) is 107 Å². The third-order valence-corrected chi connectivity index (χ3v) is 17.2. The number of carbonyl (C=O) groups excluding carboxylic acids is 2. The minimum Gasteiger partial charge on any atom is -0.461 e. The van der Waals surface area contributed by atoms with Crippen molar-refractivity contribution in [2.75, 3.05) is 73.8 Å². The smallest absolute Gasteiger partial charge is 0.407 e. The van der Waals surface area contributed by atoms with E-state index in [2.05, 4.69) is 88.8 Å².